The lowest BCUT2D eigenvalue weighted by Crippen LogP contribution is -1.99. The van der Waals surface area contributed by atoms with E-state index in [-0.39, 0.29) is 6.61 Å². The van der Waals surface area contributed by atoms with Crippen molar-refractivity contribution in [2.75, 3.05) is 6.61 Å². The first-order chi connectivity index (χ1) is 7.06. The van der Waals surface area contributed by atoms with Gasteiger partial charge in [-0.1, -0.05) is 11.6 Å². The van der Waals surface area contributed by atoms with E-state index in [1.807, 2.05) is 13.0 Å². The van der Waals surface area contributed by atoms with Gasteiger partial charge < -0.3 is 9.84 Å². The summed E-state index contributed by atoms with van der Waals surface area (Å²) in [4.78, 5) is 20.3. The van der Waals surface area contributed by atoms with Crippen LogP contribution >= 0.6 is 0 Å². The van der Waals surface area contributed by atoms with Gasteiger partial charge in [0.25, 0.3) is 0 Å². The van der Waals surface area contributed by atoms with Crippen LogP contribution in [0.2, 0.25) is 0 Å². The molecule has 0 atom stereocenters. The zero-order valence-corrected chi connectivity index (χ0v) is 9.03. The van der Waals surface area contributed by atoms with Gasteiger partial charge in [-0.05, 0) is 38.3 Å². The van der Waals surface area contributed by atoms with Gasteiger partial charge in [0, 0.05) is 0 Å². The third kappa shape index (κ3) is 8.74. The Morgan fingerprint density at radius 1 is 1.33 bits per heavy atom. The second kappa shape index (κ2) is 7.79. The Hall–Kier alpha value is -1.58. The minimum Gasteiger partial charge on any atom is -0.450 e. The van der Waals surface area contributed by atoms with Gasteiger partial charge in [-0.15, -0.1) is 0 Å². The standard InChI is InChI=1S/C11H16O4/c1-9(6-7-15-11(13)14)4-3-5-10(2)8-12/h5-6,8H,3-4,7H2,1-2H3,(H,13,14)/b9-6+,10-5?. The number of aldehydes is 1. The van der Waals surface area contributed by atoms with Gasteiger partial charge in [-0.3, -0.25) is 4.79 Å². The quantitative estimate of drug-likeness (QED) is 0.318. The number of carbonyl (C=O) groups excluding carboxylic acids is 1. The summed E-state index contributed by atoms with van der Waals surface area (Å²) in [6.45, 7) is 3.73. The van der Waals surface area contributed by atoms with Gasteiger partial charge >= 0.3 is 6.16 Å². The zero-order valence-electron chi connectivity index (χ0n) is 9.03. The summed E-state index contributed by atoms with van der Waals surface area (Å²) in [5, 5.41) is 8.21. The van der Waals surface area contributed by atoms with E-state index in [0.29, 0.717) is 5.57 Å². The molecule has 0 aliphatic rings. The summed E-state index contributed by atoms with van der Waals surface area (Å²) in [6.07, 6.45) is 4.69. The fourth-order valence-electron chi connectivity index (χ4n) is 0.933. The Balaban J connectivity index is 3.77. The molecule has 0 unspecified atom stereocenters. The number of carbonyl (C=O) groups is 2. The number of ether oxygens (including phenoxy) is 1. The molecule has 0 heterocycles. The average molecular weight is 212 g/mol. The van der Waals surface area contributed by atoms with Crippen molar-refractivity contribution in [3.63, 3.8) is 0 Å². The van der Waals surface area contributed by atoms with E-state index in [1.54, 1.807) is 13.0 Å². The Labute approximate surface area is 89.2 Å². The van der Waals surface area contributed by atoms with Crippen molar-refractivity contribution in [1.82, 2.24) is 0 Å². The Morgan fingerprint density at radius 3 is 2.53 bits per heavy atom. The highest BCUT2D eigenvalue weighted by atomic mass is 16.7. The van der Waals surface area contributed by atoms with E-state index in [0.717, 1.165) is 24.7 Å². The molecule has 0 aliphatic heterocycles. The monoisotopic (exact) mass is 212 g/mol. The van der Waals surface area contributed by atoms with Crippen molar-refractivity contribution >= 4 is 12.4 Å². The molecule has 0 aromatic rings. The summed E-state index contributed by atoms with van der Waals surface area (Å²) in [5.74, 6) is 0. The van der Waals surface area contributed by atoms with Gasteiger partial charge in [-0.2, -0.15) is 0 Å². The summed E-state index contributed by atoms with van der Waals surface area (Å²) in [7, 11) is 0. The first-order valence-electron chi connectivity index (χ1n) is 4.69. The predicted octanol–water partition coefficient (Wildman–Crippen LogP) is 2.55. The molecule has 4 heteroatoms. The van der Waals surface area contributed by atoms with Crippen LogP contribution in [0.3, 0.4) is 0 Å². The fraction of sp³-hybridized carbons (Fsp3) is 0.455. The number of rotatable bonds is 6. The highest BCUT2D eigenvalue weighted by Crippen LogP contribution is 2.05. The van der Waals surface area contributed by atoms with Crippen LogP contribution in [0.15, 0.2) is 23.3 Å². The molecule has 0 fully saturated rings. The van der Waals surface area contributed by atoms with Crippen molar-refractivity contribution in [2.24, 2.45) is 0 Å². The molecule has 0 aromatic heterocycles. The molecule has 0 radical (unpaired) electrons. The first kappa shape index (κ1) is 13.4. The molecule has 84 valence electrons. The van der Waals surface area contributed by atoms with Crippen molar-refractivity contribution in [3.05, 3.63) is 23.3 Å². The third-order valence-corrected chi connectivity index (χ3v) is 1.83. The second-order valence-corrected chi connectivity index (χ2v) is 3.23. The van der Waals surface area contributed by atoms with Crippen molar-refractivity contribution < 1.29 is 19.4 Å². The van der Waals surface area contributed by atoms with Crippen LogP contribution in [0.5, 0.6) is 0 Å². The maximum Gasteiger partial charge on any atom is 0.506 e. The number of hydrogen-bond donors (Lipinski definition) is 1. The van der Waals surface area contributed by atoms with Gasteiger partial charge in [0.2, 0.25) is 0 Å². The minimum atomic E-state index is -1.27. The van der Waals surface area contributed by atoms with Gasteiger partial charge in [-0.25, -0.2) is 4.79 Å². The smallest absolute Gasteiger partial charge is 0.450 e. The van der Waals surface area contributed by atoms with Crippen molar-refractivity contribution in [3.8, 4) is 0 Å². The summed E-state index contributed by atoms with van der Waals surface area (Å²) in [5.41, 5.74) is 1.76. The molecule has 0 spiro atoms. The second-order valence-electron chi connectivity index (χ2n) is 3.23. The van der Waals surface area contributed by atoms with Crippen LogP contribution in [0.25, 0.3) is 0 Å². The Bertz CT molecular complexity index is 276. The molecule has 0 saturated heterocycles. The van der Waals surface area contributed by atoms with Crippen LogP contribution in [-0.4, -0.2) is 24.2 Å². The van der Waals surface area contributed by atoms with Crippen LogP contribution in [0.1, 0.15) is 26.7 Å². The molecule has 0 saturated carbocycles. The SMILES string of the molecule is CC(C=O)=CCC/C(C)=C/COC(=O)O. The molecular formula is C11H16O4. The van der Waals surface area contributed by atoms with E-state index < -0.39 is 6.16 Å². The lowest BCUT2D eigenvalue weighted by Gasteiger charge is -1.99. The van der Waals surface area contributed by atoms with Crippen LogP contribution < -0.4 is 0 Å². The average Bonchev–Trinajstić information content (AvgIpc) is 2.17. The maximum atomic E-state index is 10.3. The highest BCUT2D eigenvalue weighted by molar-refractivity contribution is 5.71. The summed E-state index contributed by atoms with van der Waals surface area (Å²) < 4.78 is 4.33. The largest absolute Gasteiger partial charge is 0.506 e. The molecule has 1 N–H and O–H groups in total. The van der Waals surface area contributed by atoms with E-state index >= 15 is 0 Å². The summed E-state index contributed by atoms with van der Waals surface area (Å²) in [6, 6.07) is 0. The van der Waals surface area contributed by atoms with E-state index in [2.05, 4.69) is 4.74 Å². The maximum absolute atomic E-state index is 10.3. The normalized spacial score (nSPS) is 12.4. The zero-order chi connectivity index (χ0) is 11.7. The summed E-state index contributed by atoms with van der Waals surface area (Å²) >= 11 is 0. The number of allylic oxidation sites excluding steroid dienone is 3. The molecular weight excluding hydrogens is 196 g/mol. The van der Waals surface area contributed by atoms with Crippen molar-refractivity contribution in [2.45, 2.75) is 26.7 Å². The number of carboxylic acid groups (broad SMARTS) is 1. The van der Waals surface area contributed by atoms with E-state index in [9.17, 15) is 9.59 Å². The lowest BCUT2D eigenvalue weighted by molar-refractivity contribution is -0.104. The van der Waals surface area contributed by atoms with Crippen LogP contribution in [0, 0.1) is 0 Å². The van der Waals surface area contributed by atoms with Crippen LogP contribution in [0.4, 0.5) is 4.79 Å². The van der Waals surface area contributed by atoms with Gasteiger partial charge in [0.05, 0.1) is 0 Å². The first-order valence-corrected chi connectivity index (χ1v) is 4.69. The van der Waals surface area contributed by atoms with Crippen molar-refractivity contribution in [1.29, 1.82) is 0 Å². The highest BCUT2D eigenvalue weighted by Gasteiger charge is 1.94. The number of hydrogen-bond acceptors (Lipinski definition) is 3. The Kier molecular flexibility index (Phi) is 6.97. The fourth-order valence-corrected chi connectivity index (χ4v) is 0.933. The molecule has 15 heavy (non-hydrogen) atoms. The molecule has 0 bridgehead atoms. The third-order valence-electron chi connectivity index (χ3n) is 1.83. The minimum absolute atomic E-state index is 0.0809. The lowest BCUT2D eigenvalue weighted by atomic mass is 10.1. The molecule has 4 nitrogen and oxygen atoms in total. The molecule has 0 amide bonds. The van der Waals surface area contributed by atoms with Gasteiger partial charge in [0.15, 0.2) is 0 Å². The van der Waals surface area contributed by atoms with E-state index in [4.69, 9.17) is 5.11 Å². The van der Waals surface area contributed by atoms with Crippen LogP contribution in [-0.2, 0) is 9.53 Å². The molecule has 0 aromatic carbocycles. The van der Waals surface area contributed by atoms with Gasteiger partial charge in [0.1, 0.15) is 12.9 Å². The van der Waals surface area contributed by atoms with E-state index in [1.165, 1.54) is 0 Å². The topological polar surface area (TPSA) is 63.6 Å². The molecule has 0 aliphatic carbocycles. The predicted molar refractivity (Wildman–Crippen MR) is 56.8 cm³/mol. The molecule has 0 rings (SSSR count). The Morgan fingerprint density at radius 2 is 2.00 bits per heavy atom.